The first kappa shape index (κ1) is 27.1. The summed E-state index contributed by atoms with van der Waals surface area (Å²) < 4.78 is 0. The number of nitrogens with two attached hydrogens (primary N) is 1. The molecule has 0 bridgehead atoms. The molecule has 0 aliphatic rings. The monoisotopic (exact) mass is 400 g/mol. The Morgan fingerprint density at radius 2 is 1.29 bits per heavy atom. The van der Waals surface area contributed by atoms with Gasteiger partial charge in [0.05, 0.1) is 11.6 Å². The van der Waals surface area contributed by atoms with Crippen molar-refractivity contribution in [3.8, 4) is 0 Å². The van der Waals surface area contributed by atoms with Crippen molar-refractivity contribution in [3.05, 3.63) is 0 Å². The van der Waals surface area contributed by atoms with Gasteiger partial charge in [-0.1, -0.05) is 90.9 Å². The Kier molecular flexibility index (Phi) is 16.5. The molecule has 0 aliphatic heterocycles. The van der Waals surface area contributed by atoms with Crippen LogP contribution in [0.15, 0.2) is 0 Å². The third-order valence-electron chi connectivity index (χ3n) is 4.94. The fourth-order valence-corrected chi connectivity index (χ4v) is 3.26. The Hall–Kier alpha value is -0.850. The number of carbonyl (C=O) groups is 1. The quantitative estimate of drug-likeness (QED) is 0.121. The van der Waals surface area contributed by atoms with E-state index in [0.29, 0.717) is 0 Å². The third-order valence-corrected chi connectivity index (χ3v) is 4.94. The summed E-state index contributed by atoms with van der Waals surface area (Å²) in [5.41, 5.74) is 4.75. The van der Waals surface area contributed by atoms with Crippen LogP contribution in [0.4, 0.5) is 4.79 Å². The Bertz CT molecular complexity index is 356. The molecule has 0 radical (unpaired) electrons. The maximum atomic E-state index is 12.4. The molecule has 0 rings (SSSR count). The van der Waals surface area contributed by atoms with Crippen LogP contribution in [0.5, 0.6) is 0 Å². The van der Waals surface area contributed by atoms with Crippen LogP contribution in [0.3, 0.4) is 0 Å². The van der Waals surface area contributed by atoms with E-state index in [0.717, 1.165) is 25.7 Å². The third kappa shape index (κ3) is 15.1. The maximum Gasteiger partial charge on any atom is 0.347 e. The van der Waals surface area contributed by atoms with Crippen molar-refractivity contribution in [1.29, 1.82) is 0 Å². The van der Waals surface area contributed by atoms with Crippen LogP contribution >= 0.6 is 0 Å². The van der Waals surface area contributed by atoms with Crippen LogP contribution in [0.2, 0.25) is 0 Å². The summed E-state index contributed by atoms with van der Waals surface area (Å²) in [4.78, 5) is 18.0. The van der Waals surface area contributed by atoms with Crippen LogP contribution in [-0.4, -0.2) is 22.7 Å². The van der Waals surface area contributed by atoms with Gasteiger partial charge in [-0.3, -0.25) is 10.3 Å². The number of hydrazine groups is 2. The van der Waals surface area contributed by atoms with E-state index in [1.54, 1.807) is 5.01 Å². The van der Waals surface area contributed by atoms with Crippen molar-refractivity contribution in [2.75, 3.05) is 0 Å². The molecule has 0 aromatic rings. The first-order valence-corrected chi connectivity index (χ1v) is 11.6. The van der Waals surface area contributed by atoms with E-state index < -0.39 is 5.60 Å². The first-order valence-electron chi connectivity index (χ1n) is 11.6. The number of carbonyl (C=O) groups excluding carboxylic acids is 1. The summed E-state index contributed by atoms with van der Waals surface area (Å²) in [6, 6.07) is -0.255. The number of hydrogen-bond acceptors (Lipinski definition) is 4. The Morgan fingerprint density at radius 1 is 0.857 bits per heavy atom. The molecule has 0 atom stereocenters. The van der Waals surface area contributed by atoms with E-state index >= 15 is 0 Å². The summed E-state index contributed by atoms with van der Waals surface area (Å²) in [5.74, 6) is 5.43. The van der Waals surface area contributed by atoms with Crippen molar-refractivity contribution >= 4 is 6.03 Å². The van der Waals surface area contributed by atoms with Crippen molar-refractivity contribution in [3.63, 3.8) is 0 Å². The zero-order valence-corrected chi connectivity index (χ0v) is 19.3. The molecule has 4 N–H and O–H groups in total. The second-order valence-corrected chi connectivity index (χ2v) is 8.89. The highest BCUT2D eigenvalue weighted by Gasteiger charge is 2.25. The Labute approximate surface area is 174 Å². The van der Waals surface area contributed by atoms with E-state index in [1.807, 2.05) is 20.8 Å². The van der Waals surface area contributed by atoms with Crippen LogP contribution in [0, 0.1) is 0 Å². The lowest BCUT2D eigenvalue weighted by atomic mass is 9.99. The van der Waals surface area contributed by atoms with Crippen LogP contribution < -0.4 is 16.9 Å². The SMILES string of the molecule is CCCCCCCCC(CCCCCCCC)N(NOC(C)(C)C)C(=O)NN. The lowest BCUT2D eigenvalue weighted by Crippen LogP contribution is -2.56. The molecule has 0 aromatic heterocycles. The van der Waals surface area contributed by atoms with Gasteiger partial charge in [0.1, 0.15) is 0 Å². The van der Waals surface area contributed by atoms with E-state index in [-0.39, 0.29) is 12.1 Å². The molecule has 0 unspecified atom stereocenters. The van der Waals surface area contributed by atoms with Gasteiger partial charge < -0.3 is 0 Å². The number of hydrogen-bond donors (Lipinski definition) is 3. The summed E-state index contributed by atoms with van der Waals surface area (Å²) in [6.45, 7) is 10.3. The second-order valence-electron chi connectivity index (χ2n) is 8.89. The number of nitrogens with one attached hydrogen (secondary N) is 2. The minimum Gasteiger partial charge on any atom is -0.276 e. The highest BCUT2D eigenvalue weighted by Crippen LogP contribution is 2.19. The molecule has 2 amide bonds. The Balaban J connectivity index is 4.68. The summed E-state index contributed by atoms with van der Waals surface area (Å²) >= 11 is 0. The van der Waals surface area contributed by atoms with Gasteiger partial charge in [-0.05, 0) is 33.6 Å². The highest BCUT2D eigenvalue weighted by atomic mass is 16.7. The van der Waals surface area contributed by atoms with Gasteiger partial charge in [0.25, 0.3) is 0 Å². The molecule has 28 heavy (non-hydrogen) atoms. The first-order chi connectivity index (χ1) is 13.4. The van der Waals surface area contributed by atoms with Crippen molar-refractivity contribution in [2.45, 2.75) is 136 Å². The molecule has 6 heteroatoms. The Morgan fingerprint density at radius 3 is 1.68 bits per heavy atom. The lowest BCUT2D eigenvalue weighted by molar-refractivity contribution is -0.150. The molecule has 0 saturated heterocycles. The second kappa shape index (κ2) is 17.0. The number of nitrogens with zero attached hydrogens (tertiary/aromatic N) is 1. The maximum absolute atomic E-state index is 12.4. The van der Waals surface area contributed by atoms with Gasteiger partial charge in [0.2, 0.25) is 0 Å². The minimum absolute atomic E-state index is 0.0863. The van der Waals surface area contributed by atoms with E-state index in [2.05, 4.69) is 24.9 Å². The molecule has 0 heterocycles. The summed E-state index contributed by atoms with van der Waals surface area (Å²) in [7, 11) is 0. The molecule has 0 spiro atoms. The van der Waals surface area contributed by atoms with Gasteiger partial charge in [0.15, 0.2) is 0 Å². The molecule has 6 nitrogen and oxygen atoms in total. The number of urea groups is 1. The average molecular weight is 401 g/mol. The van der Waals surface area contributed by atoms with Gasteiger partial charge in [-0.25, -0.2) is 15.6 Å². The molecular formula is C22H48N4O2. The van der Waals surface area contributed by atoms with Crippen molar-refractivity contribution in [2.24, 2.45) is 5.84 Å². The molecule has 0 fully saturated rings. The highest BCUT2D eigenvalue weighted by molar-refractivity contribution is 5.73. The van der Waals surface area contributed by atoms with Crippen LogP contribution in [-0.2, 0) is 4.84 Å². The normalized spacial score (nSPS) is 11.8. The zero-order chi connectivity index (χ0) is 21.3. The summed E-state index contributed by atoms with van der Waals surface area (Å²) in [5, 5.41) is 1.56. The van der Waals surface area contributed by atoms with Gasteiger partial charge in [-0.2, -0.15) is 0 Å². The minimum atomic E-state index is -0.391. The predicted molar refractivity (Wildman–Crippen MR) is 118 cm³/mol. The van der Waals surface area contributed by atoms with Crippen molar-refractivity contribution in [1.82, 2.24) is 16.0 Å². The number of unbranched alkanes of at least 4 members (excludes halogenated alkanes) is 10. The zero-order valence-electron chi connectivity index (χ0n) is 19.3. The molecule has 0 saturated carbocycles. The average Bonchev–Trinajstić information content (AvgIpc) is 2.65. The van der Waals surface area contributed by atoms with E-state index in [1.165, 1.54) is 64.2 Å². The van der Waals surface area contributed by atoms with Gasteiger partial charge in [-0.15, -0.1) is 5.59 Å². The van der Waals surface area contributed by atoms with Crippen LogP contribution in [0.1, 0.15) is 125 Å². The molecule has 0 aromatic carbocycles. The smallest absolute Gasteiger partial charge is 0.276 e. The van der Waals surface area contributed by atoms with Gasteiger partial charge >= 0.3 is 6.03 Å². The van der Waals surface area contributed by atoms with Gasteiger partial charge in [0, 0.05) is 0 Å². The molecule has 168 valence electrons. The largest absolute Gasteiger partial charge is 0.347 e. The molecule has 0 aliphatic carbocycles. The lowest BCUT2D eigenvalue weighted by Gasteiger charge is -2.33. The van der Waals surface area contributed by atoms with Crippen molar-refractivity contribution < 1.29 is 9.63 Å². The molecular weight excluding hydrogens is 352 g/mol. The fourth-order valence-electron chi connectivity index (χ4n) is 3.26. The van der Waals surface area contributed by atoms with Crippen LogP contribution in [0.25, 0.3) is 0 Å². The number of amides is 2. The predicted octanol–water partition coefficient (Wildman–Crippen LogP) is 5.98. The standard InChI is InChI=1S/C22H48N4O2/c1-6-8-10-12-14-16-18-20(19-17-15-13-11-9-7-2)26(21(27)24-23)25-28-22(3,4)5/h20,25H,6-19,23H2,1-5H3,(H,24,27). The van der Waals surface area contributed by atoms with E-state index in [9.17, 15) is 4.79 Å². The van der Waals surface area contributed by atoms with E-state index in [4.69, 9.17) is 10.7 Å². The summed E-state index contributed by atoms with van der Waals surface area (Å²) in [6.07, 6.45) is 16.9. The fraction of sp³-hybridized carbons (Fsp3) is 0.955. The topological polar surface area (TPSA) is 79.6 Å². The number of rotatable bonds is 17.